The third-order valence-corrected chi connectivity index (χ3v) is 4.85. The minimum atomic E-state index is -4.78. The second-order valence-corrected chi connectivity index (χ2v) is 7.50. The summed E-state index contributed by atoms with van der Waals surface area (Å²) < 4.78 is 40.5. The third kappa shape index (κ3) is 5.95. The van der Waals surface area contributed by atoms with Gasteiger partial charge in [0.15, 0.2) is 0 Å². The molecule has 2 N–H and O–H groups in total. The van der Waals surface area contributed by atoms with Crippen LogP contribution in [0.2, 0.25) is 0 Å². The van der Waals surface area contributed by atoms with Gasteiger partial charge in [-0.1, -0.05) is 13.8 Å². The van der Waals surface area contributed by atoms with E-state index < -0.39 is 24.3 Å². The molecule has 6 nitrogen and oxygen atoms in total. The molecular weight excluding hydrogens is 397 g/mol. The normalized spacial score (nSPS) is 12.7. The van der Waals surface area contributed by atoms with E-state index in [0.717, 1.165) is 23.5 Å². The van der Waals surface area contributed by atoms with Crippen molar-refractivity contribution < 1.29 is 32.6 Å². The summed E-state index contributed by atoms with van der Waals surface area (Å²) in [6.07, 6.45) is -4.49. The Hall–Kier alpha value is -2.62. The summed E-state index contributed by atoms with van der Waals surface area (Å²) in [5.41, 5.74) is 0.917. The van der Waals surface area contributed by atoms with Gasteiger partial charge in [0.05, 0.1) is 5.69 Å². The van der Waals surface area contributed by atoms with Crippen LogP contribution in [0.25, 0.3) is 10.6 Å². The molecule has 0 saturated heterocycles. The summed E-state index contributed by atoms with van der Waals surface area (Å²) in [6.45, 7) is 5.31. The Balaban J connectivity index is 2.18. The topological polar surface area (TPSA) is 88.5 Å². The molecule has 0 aliphatic heterocycles. The van der Waals surface area contributed by atoms with Gasteiger partial charge in [-0.2, -0.15) is 0 Å². The summed E-state index contributed by atoms with van der Waals surface area (Å²) in [4.78, 5) is 28.3. The molecular formula is C18H19F3N2O4S. The Morgan fingerprint density at radius 3 is 2.36 bits per heavy atom. The molecule has 0 saturated carbocycles. The van der Waals surface area contributed by atoms with Crippen molar-refractivity contribution >= 4 is 23.2 Å². The molecule has 152 valence electrons. The van der Waals surface area contributed by atoms with Crippen molar-refractivity contribution in [3.05, 3.63) is 34.8 Å². The molecule has 0 unspecified atom stereocenters. The van der Waals surface area contributed by atoms with Gasteiger partial charge in [-0.15, -0.1) is 24.5 Å². The monoisotopic (exact) mass is 416 g/mol. The van der Waals surface area contributed by atoms with Crippen molar-refractivity contribution in [2.75, 3.05) is 0 Å². The van der Waals surface area contributed by atoms with Crippen molar-refractivity contribution in [2.24, 2.45) is 5.92 Å². The van der Waals surface area contributed by atoms with Gasteiger partial charge in [-0.3, -0.25) is 4.79 Å². The minimum Gasteiger partial charge on any atom is -0.480 e. The minimum absolute atomic E-state index is 0.0805. The zero-order valence-corrected chi connectivity index (χ0v) is 16.1. The first-order valence-electron chi connectivity index (χ1n) is 8.33. The van der Waals surface area contributed by atoms with E-state index in [0.29, 0.717) is 16.3 Å². The number of nitrogens with zero attached hydrogens (tertiary/aromatic N) is 1. The average Bonchev–Trinajstić information content (AvgIpc) is 2.95. The molecule has 1 heterocycles. The second kappa shape index (κ2) is 8.59. The molecule has 0 aliphatic carbocycles. The Morgan fingerprint density at radius 1 is 1.25 bits per heavy atom. The lowest BCUT2D eigenvalue weighted by atomic mass is 10.0. The number of aryl methyl sites for hydroxylation is 1. The summed E-state index contributed by atoms with van der Waals surface area (Å²) in [5.74, 6) is -1.95. The summed E-state index contributed by atoms with van der Waals surface area (Å²) >= 11 is 1.03. The number of carboxylic acids is 1. The number of nitrogens with one attached hydrogen (secondary N) is 1. The molecule has 2 aromatic rings. The molecule has 1 atom stereocenters. The second-order valence-electron chi connectivity index (χ2n) is 6.50. The van der Waals surface area contributed by atoms with Crippen LogP contribution >= 0.6 is 11.3 Å². The molecule has 1 aromatic heterocycles. The quantitative estimate of drug-likeness (QED) is 0.705. The van der Waals surface area contributed by atoms with Gasteiger partial charge in [0, 0.05) is 5.56 Å². The molecule has 0 fully saturated rings. The zero-order chi connectivity index (χ0) is 21.1. The van der Waals surface area contributed by atoms with Crippen molar-refractivity contribution in [1.82, 2.24) is 10.3 Å². The van der Waals surface area contributed by atoms with Crippen molar-refractivity contribution in [1.29, 1.82) is 0 Å². The smallest absolute Gasteiger partial charge is 0.480 e. The van der Waals surface area contributed by atoms with Crippen LogP contribution in [0.5, 0.6) is 5.75 Å². The SMILES string of the molecule is Cc1nc(-c2ccc(OC(F)(F)F)cc2)sc1C(=O)N[C@H](CC(C)C)C(=O)O. The number of carbonyl (C=O) groups excluding carboxylic acids is 1. The standard InChI is InChI=1S/C18H19F3N2O4S/c1-9(2)8-13(17(25)26)23-15(24)14-10(3)22-16(28-14)11-4-6-12(7-5-11)27-18(19,20)21/h4-7,9,13H,8H2,1-3H3,(H,23,24)(H,25,26)/t13-/m1/s1. The van der Waals surface area contributed by atoms with E-state index in [1.165, 1.54) is 12.1 Å². The molecule has 0 radical (unpaired) electrons. The number of aromatic nitrogens is 1. The van der Waals surface area contributed by atoms with E-state index in [-0.39, 0.29) is 23.0 Å². The lowest BCUT2D eigenvalue weighted by molar-refractivity contribution is -0.274. The van der Waals surface area contributed by atoms with E-state index >= 15 is 0 Å². The van der Waals surface area contributed by atoms with Crippen LogP contribution in [0.1, 0.15) is 35.6 Å². The number of ether oxygens (including phenoxy) is 1. The Bertz CT molecular complexity index is 848. The average molecular weight is 416 g/mol. The number of hydrogen-bond donors (Lipinski definition) is 2. The number of carbonyl (C=O) groups is 2. The fourth-order valence-corrected chi connectivity index (χ4v) is 3.42. The molecule has 1 amide bonds. The highest BCUT2D eigenvalue weighted by Crippen LogP contribution is 2.30. The van der Waals surface area contributed by atoms with E-state index in [2.05, 4.69) is 15.0 Å². The summed E-state index contributed by atoms with van der Waals surface area (Å²) in [5, 5.41) is 12.2. The van der Waals surface area contributed by atoms with Crippen LogP contribution in [0, 0.1) is 12.8 Å². The molecule has 0 spiro atoms. The number of thiazole rings is 1. The van der Waals surface area contributed by atoms with Crippen LogP contribution in [0.4, 0.5) is 13.2 Å². The maximum Gasteiger partial charge on any atom is 0.573 e. The van der Waals surface area contributed by atoms with Crippen molar-refractivity contribution in [2.45, 2.75) is 39.6 Å². The highest BCUT2D eigenvalue weighted by atomic mass is 32.1. The number of alkyl halides is 3. The third-order valence-electron chi connectivity index (χ3n) is 3.65. The van der Waals surface area contributed by atoms with Crippen molar-refractivity contribution in [3.8, 4) is 16.3 Å². The lowest BCUT2D eigenvalue weighted by Gasteiger charge is -2.15. The fraction of sp³-hybridized carbons (Fsp3) is 0.389. The zero-order valence-electron chi connectivity index (χ0n) is 15.3. The van der Waals surface area contributed by atoms with E-state index in [4.69, 9.17) is 0 Å². The maximum atomic E-state index is 12.5. The Labute approximate surface area is 163 Å². The lowest BCUT2D eigenvalue weighted by Crippen LogP contribution is -2.41. The van der Waals surface area contributed by atoms with Crippen LogP contribution in [-0.4, -0.2) is 34.4 Å². The Kier molecular flexibility index (Phi) is 6.65. The molecule has 0 aliphatic rings. The number of hydrogen-bond acceptors (Lipinski definition) is 5. The first-order chi connectivity index (χ1) is 13.0. The van der Waals surface area contributed by atoms with Crippen LogP contribution < -0.4 is 10.1 Å². The van der Waals surface area contributed by atoms with Gasteiger partial charge in [0.25, 0.3) is 5.91 Å². The number of halogens is 3. The number of carboxylic acid groups (broad SMARTS) is 1. The van der Waals surface area contributed by atoms with Gasteiger partial charge < -0.3 is 15.2 Å². The molecule has 0 bridgehead atoms. The fourth-order valence-electron chi connectivity index (χ4n) is 2.45. The van der Waals surface area contributed by atoms with E-state index in [9.17, 15) is 27.9 Å². The largest absolute Gasteiger partial charge is 0.573 e. The number of aliphatic carboxylic acids is 1. The van der Waals surface area contributed by atoms with Crippen LogP contribution in [-0.2, 0) is 4.79 Å². The van der Waals surface area contributed by atoms with E-state index in [1.807, 2.05) is 13.8 Å². The molecule has 1 aromatic carbocycles. The summed E-state index contributed by atoms with van der Waals surface area (Å²) in [6, 6.07) is 4.10. The van der Waals surface area contributed by atoms with Crippen LogP contribution in [0.15, 0.2) is 24.3 Å². The van der Waals surface area contributed by atoms with Gasteiger partial charge in [0.2, 0.25) is 0 Å². The highest BCUT2D eigenvalue weighted by molar-refractivity contribution is 7.17. The number of benzene rings is 1. The van der Waals surface area contributed by atoms with E-state index in [1.54, 1.807) is 6.92 Å². The molecule has 10 heteroatoms. The maximum absolute atomic E-state index is 12.5. The predicted molar refractivity (Wildman–Crippen MR) is 97.3 cm³/mol. The summed E-state index contributed by atoms with van der Waals surface area (Å²) in [7, 11) is 0. The highest BCUT2D eigenvalue weighted by Gasteiger charge is 2.31. The molecule has 28 heavy (non-hydrogen) atoms. The van der Waals surface area contributed by atoms with Gasteiger partial charge in [-0.05, 0) is 43.5 Å². The predicted octanol–water partition coefficient (Wildman–Crippen LogP) is 4.25. The van der Waals surface area contributed by atoms with Gasteiger partial charge >= 0.3 is 12.3 Å². The number of amides is 1. The van der Waals surface area contributed by atoms with Crippen LogP contribution in [0.3, 0.4) is 0 Å². The van der Waals surface area contributed by atoms with Gasteiger partial charge in [0.1, 0.15) is 21.7 Å². The first kappa shape index (κ1) is 21.7. The molecule has 2 rings (SSSR count). The number of rotatable bonds is 7. The van der Waals surface area contributed by atoms with Crippen molar-refractivity contribution in [3.63, 3.8) is 0 Å². The first-order valence-corrected chi connectivity index (χ1v) is 9.15. The Morgan fingerprint density at radius 2 is 1.86 bits per heavy atom. The van der Waals surface area contributed by atoms with Gasteiger partial charge in [-0.25, -0.2) is 9.78 Å².